The molecular weight excluding hydrogens is 364 g/mol. The number of carbonyl (C=O) groups excluding carboxylic acids is 1. The Balaban J connectivity index is 1.67. The highest BCUT2D eigenvalue weighted by molar-refractivity contribution is 6.30. The van der Waals surface area contributed by atoms with Crippen LogP contribution in [0.2, 0.25) is 5.02 Å². The maximum atomic E-state index is 12.5. The molecule has 2 aromatic carbocycles. The average molecular weight is 385 g/mol. The highest BCUT2D eigenvalue weighted by Crippen LogP contribution is 2.20. The van der Waals surface area contributed by atoms with E-state index >= 15 is 0 Å². The smallest absolute Gasteiger partial charge is 0.252 e. The van der Waals surface area contributed by atoms with Gasteiger partial charge < -0.3 is 15.6 Å². The lowest BCUT2D eigenvalue weighted by Gasteiger charge is -2.22. The summed E-state index contributed by atoms with van der Waals surface area (Å²) in [6, 6.07) is 14.4. The Morgan fingerprint density at radius 1 is 1.19 bits per heavy atom. The number of nitrogen functional groups attached to an aromatic ring is 1. The Morgan fingerprint density at radius 2 is 1.96 bits per heavy atom. The molecule has 3 aromatic rings. The van der Waals surface area contributed by atoms with Crippen LogP contribution in [0.4, 0.5) is 5.69 Å². The van der Waals surface area contributed by atoms with Gasteiger partial charge in [-0.05, 0) is 50.1 Å². The van der Waals surface area contributed by atoms with Crippen LogP contribution in [0, 0.1) is 0 Å². The van der Waals surface area contributed by atoms with Crippen molar-refractivity contribution in [2.45, 2.75) is 32.2 Å². The van der Waals surface area contributed by atoms with Gasteiger partial charge in [-0.2, -0.15) is 4.98 Å². The standard InChI is InChI=1S/C20H21ClN4O2/c1-20(2,24-18(26)14-7-5-8-15(21)12-14)19-23-17(27-25-19)11-10-13-6-3-4-9-16(13)22/h3-9,12H,10-11,22H2,1-2H3,(H,24,26). The molecule has 0 aliphatic heterocycles. The zero-order valence-corrected chi connectivity index (χ0v) is 16.0. The van der Waals surface area contributed by atoms with E-state index in [9.17, 15) is 4.79 Å². The van der Waals surface area contributed by atoms with E-state index in [0.29, 0.717) is 35.1 Å². The number of aromatic nitrogens is 2. The second-order valence-electron chi connectivity index (χ2n) is 6.80. The summed E-state index contributed by atoms with van der Waals surface area (Å²) in [5, 5.41) is 7.44. The third-order valence-corrected chi connectivity index (χ3v) is 4.44. The summed E-state index contributed by atoms with van der Waals surface area (Å²) in [5.41, 5.74) is 7.40. The van der Waals surface area contributed by atoms with E-state index in [1.54, 1.807) is 24.3 Å². The van der Waals surface area contributed by atoms with Gasteiger partial charge >= 0.3 is 0 Å². The van der Waals surface area contributed by atoms with Crippen molar-refractivity contribution in [1.29, 1.82) is 0 Å². The van der Waals surface area contributed by atoms with E-state index in [4.69, 9.17) is 21.9 Å². The first-order valence-electron chi connectivity index (χ1n) is 8.60. The molecule has 3 rings (SSSR count). The highest BCUT2D eigenvalue weighted by Gasteiger charge is 2.29. The Labute approximate surface area is 162 Å². The minimum atomic E-state index is -0.799. The number of hydrogen-bond acceptors (Lipinski definition) is 5. The third-order valence-electron chi connectivity index (χ3n) is 4.20. The van der Waals surface area contributed by atoms with E-state index < -0.39 is 5.54 Å². The lowest BCUT2D eigenvalue weighted by Crippen LogP contribution is -2.41. The number of nitrogens with zero attached hydrogens (tertiary/aromatic N) is 2. The molecule has 0 aliphatic rings. The van der Waals surface area contributed by atoms with Gasteiger partial charge in [0.1, 0.15) is 0 Å². The summed E-state index contributed by atoms with van der Waals surface area (Å²) in [4.78, 5) is 16.9. The number of benzene rings is 2. The molecule has 0 saturated heterocycles. The first kappa shape index (κ1) is 18.9. The maximum absolute atomic E-state index is 12.5. The van der Waals surface area contributed by atoms with E-state index in [1.807, 2.05) is 38.1 Å². The number of amides is 1. The molecular formula is C20H21ClN4O2. The second-order valence-corrected chi connectivity index (χ2v) is 7.24. The van der Waals surface area contributed by atoms with Gasteiger partial charge in [-0.15, -0.1) is 0 Å². The number of para-hydroxylation sites is 1. The van der Waals surface area contributed by atoms with Crippen LogP contribution >= 0.6 is 11.6 Å². The molecule has 6 nitrogen and oxygen atoms in total. The Kier molecular flexibility index (Phi) is 5.46. The van der Waals surface area contributed by atoms with Crippen molar-refractivity contribution >= 4 is 23.2 Å². The largest absolute Gasteiger partial charge is 0.399 e. The molecule has 1 heterocycles. The maximum Gasteiger partial charge on any atom is 0.252 e. The summed E-state index contributed by atoms with van der Waals surface area (Å²) in [6.07, 6.45) is 1.27. The fraction of sp³-hybridized carbons (Fsp3) is 0.250. The molecule has 7 heteroatoms. The van der Waals surface area contributed by atoms with E-state index in [2.05, 4.69) is 15.5 Å². The summed E-state index contributed by atoms with van der Waals surface area (Å²) < 4.78 is 5.34. The molecule has 140 valence electrons. The molecule has 0 spiro atoms. The van der Waals surface area contributed by atoms with Gasteiger partial charge in [-0.3, -0.25) is 4.79 Å². The summed E-state index contributed by atoms with van der Waals surface area (Å²) >= 11 is 5.95. The van der Waals surface area contributed by atoms with Crippen LogP contribution in [-0.4, -0.2) is 16.0 Å². The van der Waals surface area contributed by atoms with Gasteiger partial charge in [0.05, 0.1) is 5.54 Å². The summed E-state index contributed by atoms with van der Waals surface area (Å²) in [7, 11) is 0. The molecule has 1 amide bonds. The van der Waals surface area contributed by atoms with Crippen molar-refractivity contribution in [2.24, 2.45) is 0 Å². The lowest BCUT2D eigenvalue weighted by atomic mass is 10.0. The number of anilines is 1. The number of rotatable bonds is 6. The zero-order chi connectivity index (χ0) is 19.4. The first-order chi connectivity index (χ1) is 12.8. The van der Waals surface area contributed by atoms with Gasteiger partial charge in [-0.25, -0.2) is 0 Å². The molecule has 0 radical (unpaired) electrons. The second kappa shape index (κ2) is 7.80. The predicted molar refractivity (Wildman–Crippen MR) is 105 cm³/mol. The van der Waals surface area contributed by atoms with Crippen molar-refractivity contribution in [1.82, 2.24) is 15.5 Å². The molecule has 0 bridgehead atoms. The lowest BCUT2D eigenvalue weighted by molar-refractivity contribution is 0.0907. The van der Waals surface area contributed by atoms with Crippen molar-refractivity contribution < 1.29 is 9.32 Å². The Morgan fingerprint density at radius 3 is 2.70 bits per heavy atom. The highest BCUT2D eigenvalue weighted by atomic mass is 35.5. The molecule has 3 N–H and O–H groups in total. The fourth-order valence-electron chi connectivity index (χ4n) is 2.66. The average Bonchev–Trinajstić information content (AvgIpc) is 3.11. The monoisotopic (exact) mass is 384 g/mol. The quantitative estimate of drug-likeness (QED) is 0.631. The van der Waals surface area contributed by atoms with Gasteiger partial charge in [0.25, 0.3) is 5.91 Å². The Hall–Kier alpha value is -2.86. The van der Waals surface area contributed by atoms with E-state index in [0.717, 1.165) is 11.3 Å². The topological polar surface area (TPSA) is 94.0 Å². The molecule has 0 unspecified atom stereocenters. The molecule has 0 aliphatic carbocycles. The first-order valence-corrected chi connectivity index (χ1v) is 8.97. The number of hydrogen-bond donors (Lipinski definition) is 2. The number of carbonyl (C=O) groups is 1. The van der Waals surface area contributed by atoms with Gasteiger partial charge in [-0.1, -0.05) is 41.0 Å². The summed E-state index contributed by atoms with van der Waals surface area (Å²) in [6.45, 7) is 3.64. The van der Waals surface area contributed by atoms with Crippen LogP contribution in [0.15, 0.2) is 53.1 Å². The number of aryl methyl sites for hydroxylation is 2. The number of nitrogens with one attached hydrogen (secondary N) is 1. The number of nitrogens with two attached hydrogens (primary N) is 1. The van der Waals surface area contributed by atoms with Gasteiger partial charge in [0, 0.05) is 22.7 Å². The van der Waals surface area contributed by atoms with E-state index in [1.165, 1.54) is 0 Å². The molecule has 0 saturated carbocycles. The molecule has 27 heavy (non-hydrogen) atoms. The van der Waals surface area contributed by atoms with Crippen LogP contribution in [0.25, 0.3) is 0 Å². The van der Waals surface area contributed by atoms with Crippen molar-refractivity contribution in [2.75, 3.05) is 5.73 Å². The van der Waals surface area contributed by atoms with Gasteiger partial charge in [0.2, 0.25) is 5.89 Å². The van der Waals surface area contributed by atoms with Crippen molar-refractivity contribution in [3.05, 3.63) is 76.4 Å². The van der Waals surface area contributed by atoms with Crippen LogP contribution in [-0.2, 0) is 18.4 Å². The third kappa shape index (κ3) is 4.65. The van der Waals surface area contributed by atoms with Gasteiger partial charge in [0.15, 0.2) is 5.82 Å². The van der Waals surface area contributed by atoms with Crippen molar-refractivity contribution in [3.8, 4) is 0 Å². The normalized spacial score (nSPS) is 11.4. The molecule has 1 aromatic heterocycles. The zero-order valence-electron chi connectivity index (χ0n) is 15.2. The van der Waals surface area contributed by atoms with Crippen LogP contribution in [0.5, 0.6) is 0 Å². The number of halogens is 1. The Bertz CT molecular complexity index is 952. The minimum absolute atomic E-state index is 0.258. The minimum Gasteiger partial charge on any atom is -0.399 e. The van der Waals surface area contributed by atoms with Crippen LogP contribution in [0.1, 0.15) is 41.5 Å². The van der Waals surface area contributed by atoms with Crippen molar-refractivity contribution in [3.63, 3.8) is 0 Å². The summed E-state index contributed by atoms with van der Waals surface area (Å²) in [5.74, 6) is 0.651. The molecule has 0 fully saturated rings. The predicted octanol–water partition coefficient (Wildman–Crippen LogP) is 3.76. The fourth-order valence-corrected chi connectivity index (χ4v) is 2.85. The SMILES string of the molecule is CC(C)(NC(=O)c1cccc(Cl)c1)c1noc(CCc2ccccc2N)n1. The van der Waals surface area contributed by atoms with Crippen LogP contribution < -0.4 is 11.1 Å². The molecule has 0 atom stereocenters. The van der Waals surface area contributed by atoms with Crippen LogP contribution in [0.3, 0.4) is 0 Å². The van der Waals surface area contributed by atoms with E-state index in [-0.39, 0.29) is 5.91 Å².